The van der Waals surface area contributed by atoms with E-state index in [1.807, 2.05) is 25.4 Å². The van der Waals surface area contributed by atoms with Crippen molar-refractivity contribution in [3.05, 3.63) is 29.7 Å². The average Bonchev–Trinajstić information content (AvgIpc) is 2.81. The van der Waals surface area contributed by atoms with Gasteiger partial charge in [0.05, 0.1) is 11.7 Å². The summed E-state index contributed by atoms with van der Waals surface area (Å²) in [6.07, 6.45) is 4.56. The fourth-order valence-electron chi connectivity index (χ4n) is 2.29. The largest absolute Gasteiger partial charge is 0.358 e. The van der Waals surface area contributed by atoms with Gasteiger partial charge in [-0.3, -0.25) is 4.79 Å². The molecule has 0 fully saturated rings. The molecule has 2 aromatic heterocycles. The zero-order chi connectivity index (χ0) is 15.4. The second kappa shape index (κ2) is 6.67. The van der Waals surface area contributed by atoms with Crippen LogP contribution in [0.2, 0.25) is 0 Å². The second-order valence-corrected chi connectivity index (χ2v) is 5.73. The van der Waals surface area contributed by atoms with Gasteiger partial charge < -0.3 is 10.6 Å². The SMILES string of the molecule is CNC(=O)C(CC(C)C)NCc1cnc2cc(C)nn2c1. The van der Waals surface area contributed by atoms with E-state index in [-0.39, 0.29) is 11.9 Å². The van der Waals surface area contributed by atoms with Gasteiger partial charge in [0.15, 0.2) is 5.65 Å². The molecule has 0 bridgehead atoms. The molecule has 0 aliphatic carbocycles. The summed E-state index contributed by atoms with van der Waals surface area (Å²) in [5.74, 6) is 0.474. The Morgan fingerprint density at radius 3 is 2.86 bits per heavy atom. The molecule has 0 spiro atoms. The van der Waals surface area contributed by atoms with Gasteiger partial charge in [0, 0.05) is 37.6 Å². The van der Waals surface area contributed by atoms with Crippen LogP contribution in [0, 0.1) is 12.8 Å². The first-order valence-electron chi connectivity index (χ1n) is 7.25. The number of amides is 1. The first kappa shape index (κ1) is 15.4. The third-order valence-corrected chi connectivity index (χ3v) is 3.31. The van der Waals surface area contributed by atoms with Crippen molar-refractivity contribution in [1.82, 2.24) is 25.2 Å². The predicted molar refractivity (Wildman–Crippen MR) is 81.9 cm³/mol. The fourth-order valence-corrected chi connectivity index (χ4v) is 2.29. The van der Waals surface area contributed by atoms with Crippen molar-refractivity contribution in [1.29, 1.82) is 0 Å². The molecule has 2 rings (SSSR count). The van der Waals surface area contributed by atoms with Gasteiger partial charge in [-0.05, 0) is 19.3 Å². The van der Waals surface area contributed by atoms with Crippen LogP contribution in [0.5, 0.6) is 0 Å². The highest BCUT2D eigenvalue weighted by molar-refractivity contribution is 5.81. The van der Waals surface area contributed by atoms with E-state index in [1.165, 1.54) is 0 Å². The summed E-state index contributed by atoms with van der Waals surface area (Å²) in [7, 11) is 1.66. The van der Waals surface area contributed by atoms with Gasteiger partial charge in [-0.2, -0.15) is 5.10 Å². The first-order valence-corrected chi connectivity index (χ1v) is 7.25. The number of hydrogen-bond donors (Lipinski definition) is 2. The molecule has 2 N–H and O–H groups in total. The summed E-state index contributed by atoms with van der Waals surface area (Å²) in [6, 6.07) is 1.74. The van der Waals surface area contributed by atoms with Crippen molar-refractivity contribution >= 4 is 11.6 Å². The van der Waals surface area contributed by atoms with E-state index < -0.39 is 0 Å². The zero-order valence-corrected chi connectivity index (χ0v) is 13.1. The number of fused-ring (bicyclic) bond motifs is 1. The van der Waals surface area contributed by atoms with Gasteiger partial charge in [0.2, 0.25) is 5.91 Å². The molecule has 2 heterocycles. The van der Waals surface area contributed by atoms with Crippen molar-refractivity contribution in [3.63, 3.8) is 0 Å². The minimum Gasteiger partial charge on any atom is -0.358 e. The lowest BCUT2D eigenvalue weighted by atomic mass is 10.0. The molecule has 1 atom stereocenters. The lowest BCUT2D eigenvalue weighted by molar-refractivity contribution is -0.123. The molecule has 0 aliphatic rings. The van der Waals surface area contributed by atoms with Crippen LogP contribution in [0.25, 0.3) is 5.65 Å². The van der Waals surface area contributed by atoms with Crippen LogP contribution in [0.4, 0.5) is 0 Å². The maximum atomic E-state index is 11.9. The van der Waals surface area contributed by atoms with E-state index in [0.29, 0.717) is 12.5 Å². The first-order chi connectivity index (χ1) is 9.99. The molecular weight excluding hydrogens is 266 g/mol. The van der Waals surface area contributed by atoms with Crippen LogP contribution in [-0.2, 0) is 11.3 Å². The van der Waals surface area contributed by atoms with E-state index in [2.05, 4.69) is 34.6 Å². The maximum absolute atomic E-state index is 11.9. The molecule has 0 aliphatic heterocycles. The number of nitrogens with one attached hydrogen (secondary N) is 2. The van der Waals surface area contributed by atoms with E-state index >= 15 is 0 Å². The van der Waals surface area contributed by atoms with Gasteiger partial charge in [0.25, 0.3) is 0 Å². The van der Waals surface area contributed by atoms with Gasteiger partial charge >= 0.3 is 0 Å². The van der Waals surface area contributed by atoms with E-state index in [1.54, 1.807) is 11.6 Å². The van der Waals surface area contributed by atoms with Crippen molar-refractivity contribution < 1.29 is 4.79 Å². The highest BCUT2D eigenvalue weighted by Gasteiger charge is 2.17. The van der Waals surface area contributed by atoms with Gasteiger partial charge in [0.1, 0.15) is 0 Å². The van der Waals surface area contributed by atoms with E-state index in [9.17, 15) is 4.79 Å². The molecule has 0 aromatic carbocycles. The summed E-state index contributed by atoms with van der Waals surface area (Å²) in [5, 5.41) is 10.3. The summed E-state index contributed by atoms with van der Waals surface area (Å²) in [5.41, 5.74) is 2.78. The lowest BCUT2D eigenvalue weighted by Crippen LogP contribution is -2.43. The smallest absolute Gasteiger partial charge is 0.236 e. The Labute approximate surface area is 125 Å². The van der Waals surface area contributed by atoms with Gasteiger partial charge in [-0.25, -0.2) is 9.50 Å². The van der Waals surface area contributed by atoms with Crippen LogP contribution in [0.3, 0.4) is 0 Å². The van der Waals surface area contributed by atoms with Crippen LogP contribution >= 0.6 is 0 Å². The number of carbonyl (C=O) groups is 1. The molecule has 114 valence electrons. The Kier molecular flexibility index (Phi) is 4.90. The molecule has 6 heteroatoms. The number of aryl methyl sites for hydroxylation is 1. The molecule has 0 saturated heterocycles. The van der Waals surface area contributed by atoms with E-state index in [0.717, 1.165) is 23.3 Å². The number of likely N-dealkylation sites (N-methyl/N-ethyl adjacent to an activating group) is 1. The molecule has 2 aromatic rings. The predicted octanol–water partition coefficient (Wildman–Crippen LogP) is 1.29. The van der Waals surface area contributed by atoms with Crippen molar-refractivity contribution in [2.75, 3.05) is 7.05 Å². The Balaban J connectivity index is 2.05. The Hall–Kier alpha value is -1.95. The Morgan fingerprint density at radius 1 is 1.43 bits per heavy atom. The van der Waals surface area contributed by atoms with Crippen molar-refractivity contribution in [2.45, 2.75) is 39.8 Å². The van der Waals surface area contributed by atoms with Crippen LogP contribution in [0.1, 0.15) is 31.5 Å². The van der Waals surface area contributed by atoms with Crippen LogP contribution in [-0.4, -0.2) is 33.6 Å². The zero-order valence-electron chi connectivity index (χ0n) is 13.1. The van der Waals surface area contributed by atoms with Crippen molar-refractivity contribution in [2.24, 2.45) is 5.92 Å². The quantitative estimate of drug-likeness (QED) is 0.840. The molecule has 0 saturated carbocycles. The van der Waals surface area contributed by atoms with Gasteiger partial charge in [-0.1, -0.05) is 13.8 Å². The third kappa shape index (κ3) is 4.01. The minimum absolute atomic E-state index is 0.0210. The van der Waals surface area contributed by atoms with E-state index in [4.69, 9.17) is 0 Å². The number of carbonyl (C=O) groups excluding carboxylic acids is 1. The number of rotatable bonds is 6. The van der Waals surface area contributed by atoms with Crippen LogP contribution < -0.4 is 10.6 Å². The lowest BCUT2D eigenvalue weighted by Gasteiger charge is -2.19. The summed E-state index contributed by atoms with van der Waals surface area (Å²) >= 11 is 0. The summed E-state index contributed by atoms with van der Waals surface area (Å²) in [4.78, 5) is 16.2. The maximum Gasteiger partial charge on any atom is 0.236 e. The average molecular weight is 289 g/mol. The molecule has 1 amide bonds. The molecule has 1 unspecified atom stereocenters. The second-order valence-electron chi connectivity index (χ2n) is 5.73. The van der Waals surface area contributed by atoms with Crippen molar-refractivity contribution in [3.8, 4) is 0 Å². The monoisotopic (exact) mass is 289 g/mol. The summed E-state index contributed by atoms with van der Waals surface area (Å²) < 4.78 is 1.77. The number of hydrogen-bond acceptors (Lipinski definition) is 4. The highest BCUT2D eigenvalue weighted by atomic mass is 16.2. The number of nitrogens with zero attached hydrogens (tertiary/aromatic N) is 3. The normalized spacial score (nSPS) is 12.8. The van der Waals surface area contributed by atoms with Crippen LogP contribution in [0.15, 0.2) is 18.5 Å². The standard InChI is InChI=1S/C15H23N5O/c1-10(2)5-13(15(21)16-4)17-7-12-8-18-14-6-11(3)19-20(14)9-12/h6,8-10,13,17H,5,7H2,1-4H3,(H,16,21). The fraction of sp³-hybridized carbons (Fsp3) is 0.533. The molecule has 21 heavy (non-hydrogen) atoms. The third-order valence-electron chi connectivity index (χ3n) is 3.31. The molecular formula is C15H23N5O. The Bertz CT molecular complexity index is 620. The van der Waals surface area contributed by atoms with Gasteiger partial charge in [-0.15, -0.1) is 0 Å². The molecule has 6 nitrogen and oxygen atoms in total. The number of aromatic nitrogens is 3. The minimum atomic E-state index is -0.190. The highest BCUT2D eigenvalue weighted by Crippen LogP contribution is 2.08. The Morgan fingerprint density at radius 2 is 2.19 bits per heavy atom. The summed E-state index contributed by atoms with van der Waals surface area (Å²) in [6.45, 7) is 6.75. The molecule has 0 radical (unpaired) electrons. The topological polar surface area (TPSA) is 71.3 Å².